The second kappa shape index (κ2) is 4.88. The molecule has 14 heavy (non-hydrogen) atoms. The van der Waals surface area contributed by atoms with Gasteiger partial charge in [0, 0.05) is 18.2 Å². The molecule has 0 fully saturated rings. The Balaban J connectivity index is 2.99. The highest BCUT2D eigenvalue weighted by molar-refractivity contribution is 5.35. The number of hydrogen-bond donors (Lipinski definition) is 1. The van der Waals surface area contributed by atoms with E-state index in [9.17, 15) is 8.78 Å². The van der Waals surface area contributed by atoms with Crippen LogP contribution in [0.2, 0.25) is 0 Å². The average Bonchev–Trinajstić information content (AvgIpc) is 2.14. The molecule has 0 heterocycles. The van der Waals surface area contributed by atoms with Crippen LogP contribution in [-0.4, -0.2) is 14.2 Å². The maximum Gasteiger partial charge on any atom is 0.168 e. The first-order valence-corrected chi connectivity index (χ1v) is 3.96. The van der Waals surface area contributed by atoms with Crippen LogP contribution >= 0.6 is 0 Å². The van der Waals surface area contributed by atoms with E-state index in [0.717, 1.165) is 6.07 Å². The van der Waals surface area contributed by atoms with Crippen LogP contribution in [-0.2, 0) is 11.4 Å². The minimum Gasteiger partial charge on any atom is -0.493 e. The topological polar surface area (TPSA) is 30.5 Å². The summed E-state index contributed by atoms with van der Waals surface area (Å²) in [4.78, 5) is 4.57. The molecule has 0 aliphatic heterocycles. The summed E-state index contributed by atoms with van der Waals surface area (Å²) in [5.41, 5.74) is 2.85. The molecule has 0 unspecified atom stereocenters. The Kier molecular flexibility index (Phi) is 3.79. The van der Waals surface area contributed by atoms with Crippen molar-refractivity contribution < 1.29 is 18.4 Å². The van der Waals surface area contributed by atoms with Crippen molar-refractivity contribution in [3.63, 3.8) is 0 Å². The highest BCUT2D eigenvalue weighted by Gasteiger charge is 2.11. The lowest BCUT2D eigenvalue weighted by atomic mass is 10.2. The average molecular weight is 203 g/mol. The standard InChI is InChI=1S/C9H11F2NO2/c1-13-9-6(5-12-14-2)3-7(10)4-8(9)11/h3-4,12H,5H2,1-2H3. The van der Waals surface area contributed by atoms with Crippen molar-refractivity contribution in [2.24, 2.45) is 0 Å². The Labute approximate surface area is 80.6 Å². The van der Waals surface area contributed by atoms with Gasteiger partial charge < -0.3 is 9.57 Å². The molecule has 1 aromatic carbocycles. The molecule has 0 radical (unpaired) electrons. The molecule has 0 atom stereocenters. The number of ether oxygens (including phenoxy) is 1. The number of benzene rings is 1. The van der Waals surface area contributed by atoms with Gasteiger partial charge in [0.1, 0.15) is 5.82 Å². The highest BCUT2D eigenvalue weighted by Crippen LogP contribution is 2.23. The predicted octanol–water partition coefficient (Wildman–Crippen LogP) is 1.62. The van der Waals surface area contributed by atoms with E-state index in [4.69, 9.17) is 4.74 Å². The molecule has 1 aromatic rings. The normalized spacial score (nSPS) is 10.3. The second-order valence-corrected chi connectivity index (χ2v) is 2.61. The van der Waals surface area contributed by atoms with Gasteiger partial charge in [0.25, 0.3) is 0 Å². The number of nitrogens with one attached hydrogen (secondary N) is 1. The number of rotatable bonds is 4. The van der Waals surface area contributed by atoms with Crippen molar-refractivity contribution >= 4 is 0 Å². The molecule has 0 bridgehead atoms. The minimum absolute atomic E-state index is 0.0240. The third kappa shape index (κ3) is 2.40. The quantitative estimate of drug-likeness (QED) is 0.754. The Morgan fingerprint density at radius 1 is 1.29 bits per heavy atom. The lowest BCUT2D eigenvalue weighted by Gasteiger charge is -2.09. The molecule has 0 spiro atoms. The van der Waals surface area contributed by atoms with Gasteiger partial charge >= 0.3 is 0 Å². The van der Waals surface area contributed by atoms with Crippen molar-refractivity contribution in [1.29, 1.82) is 0 Å². The van der Waals surface area contributed by atoms with E-state index in [1.807, 2.05) is 0 Å². The van der Waals surface area contributed by atoms with Crippen LogP contribution in [0.5, 0.6) is 5.75 Å². The molecule has 0 aliphatic carbocycles. The molecule has 1 rings (SSSR count). The number of hydrogen-bond acceptors (Lipinski definition) is 3. The summed E-state index contributed by atoms with van der Waals surface area (Å²) in [6, 6.07) is 1.96. The van der Waals surface area contributed by atoms with E-state index in [1.165, 1.54) is 20.3 Å². The van der Waals surface area contributed by atoms with Gasteiger partial charge in [-0.2, -0.15) is 5.48 Å². The fourth-order valence-electron chi connectivity index (χ4n) is 1.12. The zero-order valence-electron chi connectivity index (χ0n) is 7.93. The summed E-state index contributed by atoms with van der Waals surface area (Å²) < 4.78 is 30.7. The zero-order valence-corrected chi connectivity index (χ0v) is 7.93. The summed E-state index contributed by atoms with van der Waals surface area (Å²) in [5.74, 6) is -1.34. The van der Waals surface area contributed by atoms with Crippen LogP contribution in [0.3, 0.4) is 0 Å². The van der Waals surface area contributed by atoms with Crippen LogP contribution in [0.15, 0.2) is 12.1 Å². The molecule has 0 saturated heterocycles. The maximum absolute atomic E-state index is 13.1. The molecular formula is C9H11F2NO2. The summed E-state index contributed by atoms with van der Waals surface area (Å²) >= 11 is 0. The molecule has 1 N–H and O–H groups in total. The van der Waals surface area contributed by atoms with Gasteiger partial charge in [-0.1, -0.05) is 0 Å². The third-order valence-corrected chi connectivity index (χ3v) is 1.70. The Hall–Kier alpha value is -1.20. The summed E-state index contributed by atoms with van der Waals surface area (Å²) in [7, 11) is 2.74. The van der Waals surface area contributed by atoms with Crippen LogP contribution in [0.25, 0.3) is 0 Å². The molecule has 0 saturated carbocycles. The third-order valence-electron chi connectivity index (χ3n) is 1.70. The number of halogens is 2. The lowest BCUT2D eigenvalue weighted by molar-refractivity contribution is 0.0859. The van der Waals surface area contributed by atoms with Gasteiger partial charge in [-0.3, -0.25) is 0 Å². The van der Waals surface area contributed by atoms with Crippen LogP contribution in [0, 0.1) is 11.6 Å². The lowest BCUT2D eigenvalue weighted by Crippen LogP contribution is -2.12. The molecule has 5 heteroatoms. The first-order chi connectivity index (χ1) is 6.69. The van der Waals surface area contributed by atoms with E-state index < -0.39 is 11.6 Å². The Morgan fingerprint density at radius 2 is 2.00 bits per heavy atom. The Morgan fingerprint density at radius 3 is 2.57 bits per heavy atom. The maximum atomic E-state index is 13.1. The van der Waals surface area contributed by atoms with Crippen molar-refractivity contribution in [2.75, 3.05) is 14.2 Å². The predicted molar refractivity (Wildman–Crippen MR) is 46.8 cm³/mol. The smallest absolute Gasteiger partial charge is 0.168 e. The van der Waals surface area contributed by atoms with Gasteiger partial charge in [-0.15, -0.1) is 0 Å². The first-order valence-electron chi connectivity index (χ1n) is 3.96. The van der Waals surface area contributed by atoms with Crippen molar-refractivity contribution in [3.8, 4) is 5.75 Å². The van der Waals surface area contributed by atoms with E-state index in [0.29, 0.717) is 5.56 Å². The molecule has 78 valence electrons. The fraction of sp³-hybridized carbons (Fsp3) is 0.333. The monoisotopic (exact) mass is 203 g/mol. The fourth-order valence-corrected chi connectivity index (χ4v) is 1.12. The summed E-state index contributed by atoms with van der Waals surface area (Å²) in [6.07, 6.45) is 0. The molecule has 0 amide bonds. The SMILES string of the molecule is CONCc1cc(F)cc(F)c1OC. The molecular weight excluding hydrogens is 192 g/mol. The van der Waals surface area contributed by atoms with E-state index in [-0.39, 0.29) is 12.3 Å². The minimum atomic E-state index is -0.722. The van der Waals surface area contributed by atoms with Crippen LogP contribution in [0.4, 0.5) is 8.78 Å². The van der Waals surface area contributed by atoms with E-state index in [1.54, 1.807) is 0 Å². The second-order valence-electron chi connectivity index (χ2n) is 2.61. The zero-order chi connectivity index (χ0) is 10.6. The largest absolute Gasteiger partial charge is 0.493 e. The van der Waals surface area contributed by atoms with Crippen LogP contribution in [0.1, 0.15) is 5.56 Å². The van der Waals surface area contributed by atoms with Gasteiger partial charge in [0.15, 0.2) is 11.6 Å². The summed E-state index contributed by atoms with van der Waals surface area (Å²) in [6.45, 7) is 0.175. The number of hydroxylamine groups is 1. The van der Waals surface area contributed by atoms with Crippen LogP contribution < -0.4 is 10.2 Å². The van der Waals surface area contributed by atoms with Gasteiger partial charge in [0.2, 0.25) is 0 Å². The highest BCUT2D eigenvalue weighted by atomic mass is 19.1. The number of methoxy groups -OCH3 is 1. The van der Waals surface area contributed by atoms with Crippen molar-refractivity contribution in [1.82, 2.24) is 5.48 Å². The van der Waals surface area contributed by atoms with Gasteiger partial charge in [-0.25, -0.2) is 8.78 Å². The Bertz CT molecular complexity index is 318. The molecule has 0 aromatic heterocycles. The first kappa shape index (κ1) is 10.9. The van der Waals surface area contributed by atoms with E-state index >= 15 is 0 Å². The van der Waals surface area contributed by atoms with Gasteiger partial charge in [-0.05, 0) is 6.07 Å². The van der Waals surface area contributed by atoms with E-state index in [2.05, 4.69) is 10.3 Å². The van der Waals surface area contributed by atoms with Crippen molar-refractivity contribution in [3.05, 3.63) is 29.3 Å². The summed E-state index contributed by atoms with van der Waals surface area (Å²) in [5, 5.41) is 0. The molecule has 0 aliphatic rings. The molecule has 3 nitrogen and oxygen atoms in total. The van der Waals surface area contributed by atoms with Gasteiger partial charge in [0.05, 0.1) is 14.2 Å². The van der Waals surface area contributed by atoms with Crippen molar-refractivity contribution in [2.45, 2.75) is 6.54 Å².